The van der Waals surface area contributed by atoms with Crippen LogP contribution in [0.5, 0.6) is 5.75 Å². The fraction of sp³-hybridized carbons (Fsp3) is 0.500. The summed E-state index contributed by atoms with van der Waals surface area (Å²) in [5.74, 6) is 1.23. The molecule has 1 aliphatic rings. The van der Waals surface area contributed by atoms with Gasteiger partial charge in [0.2, 0.25) is 0 Å². The maximum atomic E-state index is 9.94. The third-order valence-electron chi connectivity index (χ3n) is 2.51. The van der Waals surface area contributed by atoms with Crippen LogP contribution in [-0.4, -0.2) is 27.5 Å². The summed E-state index contributed by atoms with van der Waals surface area (Å²) in [7, 11) is 0. The molecule has 0 amide bonds. The lowest BCUT2D eigenvalue weighted by Crippen LogP contribution is -2.14. The Labute approximate surface area is 92.7 Å². The van der Waals surface area contributed by atoms with Gasteiger partial charge in [0.25, 0.3) is 0 Å². The minimum absolute atomic E-state index is 0.0776. The number of aromatic nitrogens is 1. The molecule has 1 fully saturated rings. The lowest BCUT2D eigenvalue weighted by molar-refractivity contribution is 0.278. The van der Waals surface area contributed by atoms with Crippen molar-refractivity contribution in [1.82, 2.24) is 10.3 Å². The molecule has 0 radical (unpaired) electrons. The van der Waals surface area contributed by atoms with Gasteiger partial charge in [-0.05, 0) is 6.92 Å². The second-order valence-corrected chi connectivity index (χ2v) is 4.71. The van der Waals surface area contributed by atoms with Gasteiger partial charge in [-0.1, -0.05) is 0 Å². The van der Waals surface area contributed by atoms with Gasteiger partial charge in [0.15, 0.2) is 0 Å². The molecule has 1 aromatic rings. The molecular weight excluding hydrogens is 212 g/mol. The molecule has 1 saturated heterocycles. The highest BCUT2D eigenvalue weighted by atomic mass is 32.2. The van der Waals surface area contributed by atoms with Gasteiger partial charge in [0, 0.05) is 29.6 Å². The van der Waals surface area contributed by atoms with Crippen LogP contribution >= 0.6 is 11.8 Å². The average molecular weight is 226 g/mol. The van der Waals surface area contributed by atoms with E-state index in [0.717, 1.165) is 17.9 Å². The number of hydrogen-bond donors (Lipinski definition) is 3. The second kappa shape index (κ2) is 4.38. The Balaban J connectivity index is 2.45. The van der Waals surface area contributed by atoms with Crippen molar-refractivity contribution in [2.75, 3.05) is 12.3 Å². The smallest absolute Gasteiger partial charge is 0.142 e. The van der Waals surface area contributed by atoms with E-state index in [-0.39, 0.29) is 17.7 Å². The molecular formula is C10H14N2O2S. The van der Waals surface area contributed by atoms with Gasteiger partial charge in [0.05, 0.1) is 17.7 Å². The van der Waals surface area contributed by atoms with Gasteiger partial charge in [-0.15, -0.1) is 11.8 Å². The van der Waals surface area contributed by atoms with Crippen LogP contribution in [0.25, 0.3) is 0 Å². The highest BCUT2D eigenvalue weighted by Crippen LogP contribution is 2.38. The molecule has 2 rings (SSSR count). The monoisotopic (exact) mass is 226 g/mol. The Bertz CT molecular complexity index is 365. The van der Waals surface area contributed by atoms with Gasteiger partial charge in [-0.2, -0.15) is 0 Å². The van der Waals surface area contributed by atoms with E-state index in [2.05, 4.69) is 10.3 Å². The van der Waals surface area contributed by atoms with E-state index in [1.807, 2.05) is 0 Å². The lowest BCUT2D eigenvalue weighted by atomic mass is 10.1. The van der Waals surface area contributed by atoms with Crippen molar-refractivity contribution in [2.45, 2.75) is 18.9 Å². The highest BCUT2D eigenvalue weighted by molar-refractivity contribution is 7.99. The lowest BCUT2D eigenvalue weighted by Gasteiger charge is -2.16. The summed E-state index contributed by atoms with van der Waals surface area (Å²) in [5, 5.41) is 22.5. The standard InChI is InChI=1S/C10H14N2O2S/c1-6-9(14)8(7(5-13)4-12-6)10-11-2-3-15-10/h4,10-11,13-14H,2-3,5H2,1H3/t10-/m0/s1. The van der Waals surface area contributed by atoms with Gasteiger partial charge in [0.1, 0.15) is 5.75 Å². The number of nitrogens with zero attached hydrogens (tertiary/aromatic N) is 1. The molecule has 0 unspecified atom stereocenters. The first-order valence-corrected chi connectivity index (χ1v) is 5.92. The molecule has 0 aromatic carbocycles. The normalized spacial score (nSPS) is 20.8. The first kappa shape index (κ1) is 10.7. The fourth-order valence-corrected chi connectivity index (χ4v) is 2.82. The molecule has 1 aromatic heterocycles. The molecule has 3 N–H and O–H groups in total. The molecule has 1 atom stereocenters. The zero-order chi connectivity index (χ0) is 10.8. The van der Waals surface area contributed by atoms with E-state index in [1.165, 1.54) is 0 Å². The second-order valence-electron chi connectivity index (χ2n) is 3.49. The third kappa shape index (κ3) is 1.95. The van der Waals surface area contributed by atoms with Crippen molar-refractivity contribution in [3.05, 3.63) is 23.0 Å². The van der Waals surface area contributed by atoms with E-state index in [1.54, 1.807) is 24.9 Å². The Morgan fingerprint density at radius 3 is 3.07 bits per heavy atom. The maximum absolute atomic E-state index is 9.94. The molecule has 15 heavy (non-hydrogen) atoms. The van der Waals surface area contributed by atoms with Crippen LogP contribution in [-0.2, 0) is 6.61 Å². The van der Waals surface area contributed by atoms with Gasteiger partial charge in [-0.3, -0.25) is 4.98 Å². The Kier molecular flexibility index (Phi) is 3.14. The summed E-state index contributed by atoms with van der Waals surface area (Å²) in [4.78, 5) is 4.03. The first-order chi connectivity index (χ1) is 7.24. The molecule has 1 aliphatic heterocycles. The number of rotatable bonds is 2. The highest BCUT2D eigenvalue weighted by Gasteiger charge is 2.24. The predicted molar refractivity (Wildman–Crippen MR) is 59.8 cm³/mol. The molecule has 4 nitrogen and oxygen atoms in total. The summed E-state index contributed by atoms with van der Waals surface area (Å²) in [5.41, 5.74) is 2.09. The van der Waals surface area contributed by atoms with Crippen LogP contribution in [0.15, 0.2) is 6.20 Å². The zero-order valence-electron chi connectivity index (χ0n) is 8.53. The summed E-state index contributed by atoms with van der Waals surface area (Å²) in [6, 6.07) is 0. The summed E-state index contributed by atoms with van der Waals surface area (Å²) >= 11 is 1.74. The largest absolute Gasteiger partial charge is 0.506 e. The summed E-state index contributed by atoms with van der Waals surface area (Å²) < 4.78 is 0. The van der Waals surface area contributed by atoms with Crippen LogP contribution in [0.4, 0.5) is 0 Å². The predicted octanol–water partition coefficient (Wildman–Crippen LogP) is 0.923. The van der Waals surface area contributed by atoms with Gasteiger partial charge >= 0.3 is 0 Å². The minimum atomic E-state index is -0.0884. The molecule has 82 valence electrons. The van der Waals surface area contributed by atoms with Crippen molar-refractivity contribution in [2.24, 2.45) is 0 Å². The summed E-state index contributed by atoms with van der Waals surface area (Å²) in [6.07, 6.45) is 1.63. The topological polar surface area (TPSA) is 65.4 Å². The van der Waals surface area contributed by atoms with Crippen LogP contribution in [0.1, 0.15) is 22.2 Å². The fourth-order valence-electron chi connectivity index (χ4n) is 1.68. The maximum Gasteiger partial charge on any atom is 0.142 e. The van der Waals surface area contributed by atoms with E-state index in [9.17, 15) is 10.2 Å². The van der Waals surface area contributed by atoms with Crippen LogP contribution in [0, 0.1) is 6.92 Å². The number of aliphatic hydroxyl groups is 1. The number of pyridine rings is 1. The third-order valence-corrected chi connectivity index (χ3v) is 3.68. The van der Waals surface area contributed by atoms with Crippen molar-refractivity contribution in [1.29, 1.82) is 0 Å². The minimum Gasteiger partial charge on any atom is -0.506 e. The van der Waals surface area contributed by atoms with E-state index in [4.69, 9.17) is 0 Å². The molecule has 0 spiro atoms. The van der Waals surface area contributed by atoms with Crippen molar-refractivity contribution < 1.29 is 10.2 Å². The number of thioether (sulfide) groups is 1. The SMILES string of the molecule is Cc1ncc(CO)c([C@H]2NCCS2)c1O. The number of hydrogen-bond acceptors (Lipinski definition) is 5. The number of nitrogens with one attached hydrogen (secondary N) is 1. The van der Waals surface area contributed by atoms with E-state index < -0.39 is 0 Å². The Morgan fingerprint density at radius 1 is 1.67 bits per heavy atom. The molecule has 2 heterocycles. The van der Waals surface area contributed by atoms with Crippen molar-refractivity contribution in [3.63, 3.8) is 0 Å². The summed E-state index contributed by atoms with van der Waals surface area (Å²) in [6.45, 7) is 2.61. The van der Waals surface area contributed by atoms with Crippen molar-refractivity contribution >= 4 is 11.8 Å². The molecule has 0 aliphatic carbocycles. The molecule has 5 heteroatoms. The number of aromatic hydroxyl groups is 1. The quantitative estimate of drug-likeness (QED) is 0.700. The van der Waals surface area contributed by atoms with Gasteiger partial charge in [-0.25, -0.2) is 0 Å². The van der Waals surface area contributed by atoms with Gasteiger partial charge < -0.3 is 15.5 Å². The van der Waals surface area contributed by atoms with E-state index in [0.29, 0.717) is 11.3 Å². The molecule has 0 saturated carbocycles. The average Bonchev–Trinajstić information content (AvgIpc) is 2.75. The van der Waals surface area contributed by atoms with E-state index >= 15 is 0 Å². The van der Waals surface area contributed by atoms with Crippen LogP contribution < -0.4 is 5.32 Å². The van der Waals surface area contributed by atoms with Crippen LogP contribution in [0.3, 0.4) is 0 Å². The number of aliphatic hydroxyl groups excluding tert-OH is 1. The van der Waals surface area contributed by atoms with Crippen LogP contribution in [0.2, 0.25) is 0 Å². The Morgan fingerprint density at radius 2 is 2.47 bits per heavy atom. The first-order valence-electron chi connectivity index (χ1n) is 4.87. The zero-order valence-corrected chi connectivity index (χ0v) is 9.34. The molecule has 0 bridgehead atoms. The Hall–Kier alpha value is -0.780. The van der Waals surface area contributed by atoms with Crippen molar-refractivity contribution in [3.8, 4) is 5.75 Å². The number of aryl methyl sites for hydroxylation is 1.